The standard InChI is InChI=1S/C22H34/c1-3-8-14-20(15-9-4-1)22(21-16-10-7-11-17-21)18-12-5-2-6-13-19-22/h7,10-11,16-17,20H,1-6,8-9,12-15,18-19H2. The van der Waals surface area contributed by atoms with Gasteiger partial charge in [-0.05, 0) is 42.6 Å². The number of benzene rings is 1. The van der Waals surface area contributed by atoms with E-state index in [4.69, 9.17) is 0 Å². The van der Waals surface area contributed by atoms with Crippen LogP contribution >= 0.6 is 0 Å². The lowest BCUT2D eigenvalue weighted by Gasteiger charge is -2.44. The van der Waals surface area contributed by atoms with E-state index in [1.807, 2.05) is 0 Å². The fourth-order valence-electron chi connectivity index (χ4n) is 5.25. The molecule has 0 spiro atoms. The van der Waals surface area contributed by atoms with Gasteiger partial charge in [-0.2, -0.15) is 0 Å². The molecule has 2 aliphatic carbocycles. The molecule has 2 saturated carbocycles. The molecule has 0 aliphatic heterocycles. The highest BCUT2D eigenvalue weighted by molar-refractivity contribution is 5.27. The molecule has 0 heteroatoms. The van der Waals surface area contributed by atoms with E-state index in [1.165, 1.54) is 89.9 Å². The van der Waals surface area contributed by atoms with Crippen molar-refractivity contribution in [2.24, 2.45) is 5.92 Å². The maximum Gasteiger partial charge on any atom is -0.00188 e. The maximum atomic E-state index is 2.44. The van der Waals surface area contributed by atoms with Crippen LogP contribution in [0.2, 0.25) is 0 Å². The second-order valence-corrected chi connectivity index (χ2v) is 7.83. The summed E-state index contributed by atoms with van der Waals surface area (Å²) in [4.78, 5) is 0. The van der Waals surface area contributed by atoms with Crippen LogP contribution in [0.15, 0.2) is 30.3 Å². The van der Waals surface area contributed by atoms with Crippen molar-refractivity contribution in [1.29, 1.82) is 0 Å². The SMILES string of the molecule is c1ccc(C2(C3CCCCCCC3)CCCCCCC2)cc1. The fourth-order valence-corrected chi connectivity index (χ4v) is 5.25. The summed E-state index contributed by atoms with van der Waals surface area (Å²) in [7, 11) is 0. The van der Waals surface area contributed by atoms with E-state index in [2.05, 4.69) is 30.3 Å². The highest BCUT2D eigenvalue weighted by Gasteiger charge is 2.39. The lowest BCUT2D eigenvalue weighted by Crippen LogP contribution is -2.36. The molecule has 0 heterocycles. The van der Waals surface area contributed by atoms with Crippen molar-refractivity contribution in [3.8, 4) is 0 Å². The Morgan fingerprint density at radius 2 is 1.09 bits per heavy atom. The number of hydrogen-bond donors (Lipinski definition) is 0. The molecule has 0 bridgehead atoms. The third-order valence-corrected chi connectivity index (χ3v) is 6.48. The van der Waals surface area contributed by atoms with Crippen LogP contribution in [-0.4, -0.2) is 0 Å². The summed E-state index contributed by atoms with van der Waals surface area (Å²) in [5.41, 5.74) is 2.17. The molecule has 0 N–H and O–H groups in total. The van der Waals surface area contributed by atoms with Crippen LogP contribution in [0.4, 0.5) is 0 Å². The second-order valence-electron chi connectivity index (χ2n) is 7.83. The largest absolute Gasteiger partial charge is 0.0622 e. The van der Waals surface area contributed by atoms with Crippen molar-refractivity contribution in [2.45, 2.75) is 95.3 Å². The Morgan fingerprint density at radius 3 is 1.68 bits per heavy atom. The Morgan fingerprint density at radius 1 is 0.591 bits per heavy atom. The molecule has 22 heavy (non-hydrogen) atoms. The van der Waals surface area contributed by atoms with Crippen molar-refractivity contribution < 1.29 is 0 Å². The van der Waals surface area contributed by atoms with Gasteiger partial charge in [-0.1, -0.05) is 94.5 Å². The van der Waals surface area contributed by atoms with Crippen LogP contribution < -0.4 is 0 Å². The molecule has 2 fully saturated rings. The number of rotatable bonds is 2. The summed E-state index contributed by atoms with van der Waals surface area (Å²) < 4.78 is 0. The van der Waals surface area contributed by atoms with E-state index in [1.54, 1.807) is 5.56 Å². The zero-order valence-corrected chi connectivity index (χ0v) is 14.4. The average molecular weight is 299 g/mol. The summed E-state index contributed by atoms with van der Waals surface area (Å²) in [5.74, 6) is 0.938. The highest BCUT2D eigenvalue weighted by Crippen LogP contribution is 2.48. The quantitative estimate of drug-likeness (QED) is 0.550. The minimum Gasteiger partial charge on any atom is -0.0622 e. The topological polar surface area (TPSA) is 0 Å². The van der Waals surface area contributed by atoms with Gasteiger partial charge < -0.3 is 0 Å². The lowest BCUT2D eigenvalue weighted by molar-refractivity contribution is 0.171. The molecule has 2 aliphatic rings. The molecule has 0 radical (unpaired) electrons. The first-order valence-corrected chi connectivity index (χ1v) is 9.97. The van der Waals surface area contributed by atoms with E-state index in [9.17, 15) is 0 Å². The van der Waals surface area contributed by atoms with E-state index < -0.39 is 0 Å². The van der Waals surface area contributed by atoms with E-state index in [0.717, 1.165) is 5.92 Å². The molecular weight excluding hydrogens is 264 g/mol. The van der Waals surface area contributed by atoms with Crippen LogP contribution in [0.5, 0.6) is 0 Å². The molecule has 0 aromatic heterocycles. The van der Waals surface area contributed by atoms with Crippen molar-refractivity contribution >= 4 is 0 Å². The molecule has 0 unspecified atom stereocenters. The molecule has 0 amide bonds. The second kappa shape index (κ2) is 8.18. The van der Waals surface area contributed by atoms with E-state index in [0.29, 0.717) is 5.41 Å². The van der Waals surface area contributed by atoms with Gasteiger partial charge in [0.1, 0.15) is 0 Å². The van der Waals surface area contributed by atoms with Gasteiger partial charge in [0, 0.05) is 0 Å². The Labute approximate surface area is 137 Å². The van der Waals surface area contributed by atoms with Crippen molar-refractivity contribution in [3.05, 3.63) is 35.9 Å². The van der Waals surface area contributed by atoms with Crippen LogP contribution in [0.3, 0.4) is 0 Å². The summed E-state index contributed by atoms with van der Waals surface area (Å²) in [6.45, 7) is 0. The molecule has 0 saturated heterocycles. The summed E-state index contributed by atoms with van der Waals surface area (Å²) in [6, 6.07) is 11.6. The predicted molar refractivity (Wildman–Crippen MR) is 96.2 cm³/mol. The Bertz CT molecular complexity index is 403. The summed E-state index contributed by atoms with van der Waals surface area (Å²) in [5, 5.41) is 0. The van der Waals surface area contributed by atoms with E-state index >= 15 is 0 Å². The zero-order valence-electron chi connectivity index (χ0n) is 14.4. The third kappa shape index (κ3) is 3.76. The number of hydrogen-bond acceptors (Lipinski definition) is 0. The monoisotopic (exact) mass is 298 g/mol. The van der Waals surface area contributed by atoms with Gasteiger partial charge in [0.2, 0.25) is 0 Å². The van der Waals surface area contributed by atoms with Crippen LogP contribution in [0.1, 0.15) is 95.5 Å². The fraction of sp³-hybridized carbons (Fsp3) is 0.727. The Balaban J connectivity index is 1.89. The van der Waals surface area contributed by atoms with Gasteiger partial charge in [-0.3, -0.25) is 0 Å². The van der Waals surface area contributed by atoms with Crippen LogP contribution in [-0.2, 0) is 5.41 Å². The van der Waals surface area contributed by atoms with E-state index in [-0.39, 0.29) is 0 Å². The van der Waals surface area contributed by atoms with Crippen LogP contribution in [0, 0.1) is 5.92 Å². The first kappa shape index (κ1) is 16.1. The molecule has 122 valence electrons. The molecule has 3 rings (SSSR count). The van der Waals surface area contributed by atoms with Gasteiger partial charge in [0.15, 0.2) is 0 Å². The van der Waals surface area contributed by atoms with Gasteiger partial charge in [-0.15, -0.1) is 0 Å². The minimum atomic E-state index is 0.499. The maximum absolute atomic E-state index is 2.44. The average Bonchev–Trinajstić information content (AvgIpc) is 2.49. The predicted octanol–water partition coefficient (Wildman–Crippen LogP) is 7.03. The molecule has 1 aromatic rings. The molecule has 0 nitrogen and oxygen atoms in total. The van der Waals surface area contributed by atoms with Crippen molar-refractivity contribution in [3.63, 3.8) is 0 Å². The van der Waals surface area contributed by atoms with Crippen molar-refractivity contribution in [1.82, 2.24) is 0 Å². The molecular formula is C22H34. The van der Waals surface area contributed by atoms with Crippen LogP contribution in [0.25, 0.3) is 0 Å². The lowest BCUT2D eigenvalue weighted by atomic mass is 9.60. The highest BCUT2D eigenvalue weighted by atomic mass is 14.4. The normalized spacial score (nSPS) is 24.7. The van der Waals surface area contributed by atoms with Gasteiger partial charge in [0.25, 0.3) is 0 Å². The van der Waals surface area contributed by atoms with Gasteiger partial charge in [-0.25, -0.2) is 0 Å². The Hall–Kier alpha value is -0.780. The summed E-state index contributed by atoms with van der Waals surface area (Å²) >= 11 is 0. The van der Waals surface area contributed by atoms with Gasteiger partial charge >= 0.3 is 0 Å². The van der Waals surface area contributed by atoms with Crippen molar-refractivity contribution in [2.75, 3.05) is 0 Å². The van der Waals surface area contributed by atoms with Gasteiger partial charge in [0.05, 0.1) is 0 Å². The smallest absolute Gasteiger partial charge is 0.00188 e. The molecule has 1 aromatic carbocycles. The summed E-state index contributed by atoms with van der Waals surface area (Å²) in [6.07, 6.45) is 20.5. The first-order valence-electron chi connectivity index (χ1n) is 9.97. The first-order chi connectivity index (χ1) is 10.9. The third-order valence-electron chi connectivity index (χ3n) is 6.48. The zero-order chi connectivity index (χ0) is 15.1. The minimum absolute atomic E-state index is 0.499. The molecule has 0 atom stereocenters. The Kier molecular flexibility index (Phi) is 5.98.